The molecule has 4 aromatic rings. The van der Waals surface area contributed by atoms with Crippen LogP contribution in [0.2, 0.25) is 0 Å². The molecule has 4 N–H and O–H groups in total. The number of urea groups is 1. The van der Waals surface area contributed by atoms with Crippen molar-refractivity contribution in [2.45, 2.75) is 51.7 Å². The van der Waals surface area contributed by atoms with Crippen molar-refractivity contribution in [3.05, 3.63) is 60.9 Å². The highest BCUT2D eigenvalue weighted by molar-refractivity contribution is 6.02. The molecule has 8 nitrogen and oxygen atoms in total. The van der Waals surface area contributed by atoms with Gasteiger partial charge < -0.3 is 25.7 Å². The van der Waals surface area contributed by atoms with Gasteiger partial charge in [0.1, 0.15) is 12.4 Å². The fourth-order valence-corrected chi connectivity index (χ4v) is 4.56. The van der Waals surface area contributed by atoms with E-state index in [-0.39, 0.29) is 12.1 Å². The number of carbonyl (C=O) groups excluding carboxylic acids is 1. The first-order valence-electron chi connectivity index (χ1n) is 12.2. The van der Waals surface area contributed by atoms with Crippen LogP contribution < -0.4 is 21.1 Å². The summed E-state index contributed by atoms with van der Waals surface area (Å²) in [4.78, 5) is 12.0. The molecule has 2 heterocycles. The number of hydrogen-bond donors (Lipinski definition) is 3. The van der Waals surface area contributed by atoms with Crippen molar-refractivity contribution in [2.24, 2.45) is 0 Å². The summed E-state index contributed by atoms with van der Waals surface area (Å²) >= 11 is 0. The maximum absolute atomic E-state index is 12.0. The largest absolute Gasteiger partial charge is 0.492 e. The van der Waals surface area contributed by atoms with Crippen molar-refractivity contribution in [3.8, 4) is 17.0 Å². The number of nitrogens with zero attached hydrogens (tertiary/aromatic N) is 3. The Morgan fingerprint density at radius 1 is 1.20 bits per heavy atom. The summed E-state index contributed by atoms with van der Waals surface area (Å²) in [6, 6.07) is 16.2. The summed E-state index contributed by atoms with van der Waals surface area (Å²) in [6.07, 6.45) is 7.19. The Morgan fingerprint density at radius 2 is 2.00 bits per heavy atom. The quantitative estimate of drug-likeness (QED) is 0.319. The summed E-state index contributed by atoms with van der Waals surface area (Å²) < 4.78 is 10.3. The van der Waals surface area contributed by atoms with Crippen LogP contribution in [0.5, 0.6) is 5.75 Å². The molecule has 5 rings (SSSR count). The molecular weight excluding hydrogens is 440 g/mol. The molecule has 2 amide bonds. The average molecular weight is 473 g/mol. The number of nitrogens with two attached hydrogens (primary N) is 1. The number of aromatic nitrogens is 3. The zero-order valence-corrected chi connectivity index (χ0v) is 20.2. The van der Waals surface area contributed by atoms with Crippen LogP contribution in [0.4, 0.5) is 16.2 Å². The van der Waals surface area contributed by atoms with Gasteiger partial charge in [-0.3, -0.25) is 4.68 Å². The van der Waals surface area contributed by atoms with Crippen molar-refractivity contribution in [1.82, 2.24) is 19.7 Å². The number of carbonyl (C=O) groups is 1. The first-order valence-corrected chi connectivity index (χ1v) is 12.2. The predicted octanol–water partition coefficient (Wildman–Crippen LogP) is 5.42. The highest BCUT2D eigenvalue weighted by atomic mass is 16.5. The Balaban J connectivity index is 1.43. The van der Waals surface area contributed by atoms with Gasteiger partial charge in [-0.2, -0.15) is 5.10 Å². The van der Waals surface area contributed by atoms with E-state index in [1.165, 1.54) is 6.42 Å². The molecular formula is C27H32N6O2. The molecule has 1 fully saturated rings. The number of amides is 2. The first kappa shape index (κ1) is 22.8. The van der Waals surface area contributed by atoms with Crippen LogP contribution in [-0.2, 0) is 6.54 Å². The maximum atomic E-state index is 12.0. The van der Waals surface area contributed by atoms with Gasteiger partial charge in [0.05, 0.1) is 23.4 Å². The lowest BCUT2D eigenvalue weighted by molar-refractivity contribution is 0.250. The molecule has 1 aliphatic carbocycles. The van der Waals surface area contributed by atoms with Gasteiger partial charge in [0.15, 0.2) is 0 Å². The predicted molar refractivity (Wildman–Crippen MR) is 140 cm³/mol. The molecule has 0 unspecified atom stereocenters. The summed E-state index contributed by atoms with van der Waals surface area (Å²) in [7, 11) is 0. The summed E-state index contributed by atoms with van der Waals surface area (Å²) in [5.41, 5.74) is 11.4. The summed E-state index contributed by atoms with van der Waals surface area (Å²) in [6.45, 7) is 5.09. The molecule has 1 saturated carbocycles. The smallest absolute Gasteiger partial charge is 0.319 e. The van der Waals surface area contributed by atoms with E-state index in [1.807, 2.05) is 61.1 Å². The van der Waals surface area contributed by atoms with Gasteiger partial charge in [-0.15, -0.1) is 0 Å². The highest BCUT2D eigenvalue weighted by Crippen LogP contribution is 2.44. The second-order valence-corrected chi connectivity index (χ2v) is 9.34. The SMILES string of the molecule is CC(C)NC(=O)Nc1ccc(-c2c(N)c3ccc(OCCn4cccn4)cc3n2C2CCC2)cc1. The number of benzene rings is 2. The van der Waals surface area contributed by atoms with Crippen LogP contribution in [0.15, 0.2) is 60.9 Å². The topological polar surface area (TPSA) is 99.1 Å². The molecule has 35 heavy (non-hydrogen) atoms. The van der Waals surface area contributed by atoms with E-state index in [2.05, 4.69) is 32.4 Å². The minimum atomic E-state index is -0.212. The van der Waals surface area contributed by atoms with Crippen LogP contribution in [0.25, 0.3) is 22.2 Å². The van der Waals surface area contributed by atoms with Crippen LogP contribution in [0.3, 0.4) is 0 Å². The van der Waals surface area contributed by atoms with E-state index in [0.717, 1.165) is 52.1 Å². The van der Waals surface area contributed by atoms with Gasteiger partial charge in [0.2, 0.25) is 0 Å². The maximum Gasteiger partial charge on any atom is 0.319 e. The molecule has 1 aliphatic rings. The minimum Gasteiger partial charge on any atom is -0.492 e. The highest BCUT2D eigenvalue weighted by Gasteiger charge is 2.27. The number of anilines is 2. The lowest BCUT2D eigenvalue weighted by Gasteiger charge is -2.30. The van der Waals surface area contributed by atoms with E-state index in [4.69, 9.17) is 10.5 Å². The van der Waals surface area contributed by atoms with Crippen LogP contribution in [0.1, 0.15) is 39.2 Å². The fourth-order valence-electron chi connectivity index (χ4n) is 4.56. The number of nitrogens with one attached hydrogen (secondary N) is 2. The van der Waals surface area contributed by atoms with Crippen molar-refractivity contribution in [2.75, 3.05) is 17.7 Å². The molecule has 0 atom stereocenters. The van der Waals surface area contributed by atoms with Crippen molar-refractivity contribution in [3.63, 3.8) is 0 Å². The third kappa shape index (κ3) is 4.82. The summed E-state index contributed by atoms with van der Waals surface area (Å²) in [5.74, 6) is 0.824. The van der Waals surface area contributed by atoms with Crippen LogP contribution >= 0.6 is 0 Å². The number of fused-ring (bicyclic) bond motifs is 1. The van der Waals surface area contributed by atoms with Gasteiger partial charge in [-0.1, -0.05) is 12.1 Å². The fraction of sp³-hybridized carbons (Fsp3) is 0.333. The van der Waals surface area contributed by atoms with Gasteiger partial charge in [-0.25, -0.2) is 4.79 Å². The monoisotopic (exact) mass is 472 g/mol. The number of rotatable bonds is 8. The minimum absolute atomic E-state index is 0.0756. The van der Waals surface area contributed by atoms with Crippen molar-refractivity contribution in [1.29, 1.82) is 0 Å². The lowest BCUT2D eigenvalue weighted by Crippen LogP contribution is -2.34. The second-order valence-electron chi connectivity index (χ2n) is 9.34. The third-order valence-electron chi connectivity index (χ3n) is 6.44. The zero-order chi connectivity index (χ0) is 24.4. The molecule has 2 aromatic heterocycles. The van der Waals surface area contributed by atoms with Gasteiger partial charge in [-0.05, 0) is 63.4 Å². The molecule has 0 bridgehead atoms. The van der Waals surface area contributed by atoms with Gasteiger partial charge in [0.25, 0.3) is 0 Å². The molecule has 0 radical (unpaired) electrons. The van der Waals surface area contributed by atoms with Crippen molar-refractivity contribution < 1.29 is 9.53 Å². The van der Waals surface area contributed by atoms with E-state index in [9.17, 15) is 4.79 Å². The van der Waals surface area contributed by atoms with Crippen LogP contribution in [-0.4, -0.2) is 33.0 Å². The molecule has 0 saturated heterocycles. The van der Waals surface area contributed by atoms with E-state index < -0.39 is 0 Å². The number of ether oxygens (including phenoxy) is 1. The summed E-state index contributed by atoms with van der Waals surface area (Å²) in [5, 5.41) is 11.0. The van der Waals surface area contributed by atoms with E-state index >= 15 is 0 Å². The van der Waals surface area contributed by atoms with Gasteiger partial charge >= 0.3 is 6.03 Å². The Morgan fingerprint density at radius 3 is 2.66 bits per heavy atom. The van der Waals surface area contributed by atoms with Gasteiger partial charge in [0, 0.05) is 47.2 Å². The number of nitrogen functional groups attached to an aromatic ring is 1. The molecule has 0 aliphatic heterocycles. The average Bonchev–Trinajstić information content (AvgIpc) is 3.40. The Labute approximate surface area is 205 Å². The molecule has 8 heteroatoms. The zero-order valence-electron chi connectivity index (χ0n) is 20.2. The molecule has 0 spiro atoms. The molecule has 182 valence electrons. The van der Waals surface area contributed by atoms with E-state index in [0.29, 0.717) is 19.2 Å². The Kier molecular flexibility index (Phi) is 6.35. The Hall–Kier alpha value is -3.94. The second kappa shape index (κ2) is 9.74. The standard InChI is InChI=1S/C27H32N6O2/c1-18(2)30-27(34)31-20-9-7-19(8-10-20)26-25(28)23-12-11-22(35-16-15-32-14-4-13-29-32)17-24(23)33(26)21-5-3-6-21/h4,7-14,17-18,21H,3,5-6,15-16,28H2,1-2H3,(H2,30,31,34). The Bertz CT molecular complexity index is 1300. The first-order chi connectivity index (χ1) is 17.0. The van der Waals surface area contributed by atoms with E-state index in [1.54, 1.807) is 6.20 Å². The lowest BCUT2D eigenvalue weighted by atomic mass is 9.92. The van der Waals surface area contributed by atoms with Crippen molar-refractivity contribution >= 4 is 28.3 Å². The van der Waals surface area contributed by atoms with Crippen LogP contribution in [0, 0.1) is 0 Å². The third-order valence-corrected chi connectivity index (χ3v) is 6.44. The number of hydrogen-bond acceptors (Lipinski definition) is 4. The molecule has 2 aromatic carbocycles. The normalized spacial score (nSPS) is 13.7.